The van der Waals surface area contributed by atoms with Gasteiger partial charge in [0.15, 0.2) is 5.69 Å². The van der Waals surface area contributed by atoms with Crippen LogP contribution in [0.5, 0.6) is 5.75 Å². The molecule has 130 valence electrons. The summed E-state index contributed by atoms with van der Waals surface area (Å²) in [6.07, 6.45) is 0. The molecule has 0 radical (unpaired) electrons. The maximum Gasteiger partial charge on any atom is 0.268 e. The van der Waals surface area contributed by atoms with Crippen molar-refractivity contribution in [2.45, 2.75) is 0 Å². The molecule has 0 aliphatic carbocycles. The average molecular weight is 386 g/mol. The van der Waals surface area contributed by atoms with Crippen molar-refractivity contribution < 1.29 is 14.2 Å². The fourth-order valence-corrected chi connectivity index (χ4v) is 3.95. The third kappa shape index (κ3) is 2.91. The molecule has 2 aromatic heterocycles. The second kappa shape index (κ2) is 6.78. The summed E-state index contributed by atoms with van der Waals surface area (Å²) in [5, 5.41) is 11.7. The third-order valence-corrected chi connectivity index (χ3v) is 5.50. The van der Waals surface area contributed by atoms with Crippen LogP contribution in [0.15, 0.2) is 53.2 Å². The van der Waals surface area contributed by atoms with Crippen molar-refractivity contribution in [3.05, 3.63) is 58.4 Å². The maximum absolute atomic E-state index is 12.7. The lowest BCUT2D eigenvalue weighted by molar-refractivity contribution is 0.102. The molecule has 1 amide bonds. The first kappa shape index (κ1) is 16.6. The smallest absolute Gasteiger partial charge is 0.268 e. The van der Waals surface area contributed by atoms with Crippen LogP contribution in [0.3, 0.4) is 0 Å². The highest BCUT2D eigenvalue weighted by atomic mass is 35.5. The normalized spacial score (nSPS) is 10.8. The van der Waals surface area contributed by atoms with Crippen LogP contribution < -0.4 is 10.1 Å². The number of nitrogens with zero attached hydrogens (tertiary/aromatic N) is 2. The Morgan fingerprint density at radius 2 is 1.92 bits per heavy atom. The van der Waals surface area contributed by atoms with Gasteiger partial charge in [0.2, 0.25) is 5.82 Å². The molecule has 0 atom stereocenters. The molecule has 0 aliphatic heterocycles. The molecule has 0 spiro atoms. The number of aromatic nitrogens is 2. The summed E-state index contributed by atoms with van der Waals surface area (Å²) in [7, 11) is 1.59. The lowest BCUT2D eigenvalue weighted by Crippen LogP contribution is -2.11. The first-order chi connectivity index (χ1) is 12.7. The number of halogens is 1. The SMILES string of the molecule is COc1ccc(-c2nonc2NC(=O)c2sc3ccccc3c2Cl)cc1. The van der Waals surface area contributed by atoms with E-state index in [1.54, 1.807) is 31.4 Å². The van der Waals surface area contributed by atoms with Crippen LogP contribution in [0, 0.1) is 0 Å². The van der Waals surface area contributed by atoms with Crippen LogP contribution >= 0.6 is 22.9 Å². The van der Waals surface area contributed by atoms with E-state index in [-0.39, 0.29) is 11.7 Å². The van der Waals surface area contributed by atoms with Gasteiger partial charge >= 0.3 is 0 Å². The molecule has 0 saturated carbocycles. The molecule has 0 aliphatic rings. The Bertz CT molecular complexity index is 1090. The van der Waals surface area contributed by atoms with E-state index < -0.39 is 0 Å². The number of hydrogen-bond donors (Lipinski definition) is 1. The van der Waals surface area contributed by atoms with Gasteiger partial charge in [0.1, 0.15) is 10.6 Å². The molecule has 0 unspecified atom stereocenters. The van der Waals surface area contributed by atoms with Gasteiger partial charge in [-0.3, -0.25) is 4.79 Å². The maximum atomic E-state index is 12.7. The number of carbonyl (C=O) groups excluding carboxylic acids is 1. The van der Waals surface area contributed by atoms with Crippen molar-refractivity contribution in [1.82, 2.24) is 10.3 Å². The van der Waals surface area contributed by atoms with Crippen LogP contribution in [-0.2, 0) is 0 Å². The number of rotatable bonds is 4. The summed E-state index contributed by atoms with van der Waals surface area (Å²) in [5.74, 6) is 0.586. The van der Waals surface area contributed by atoms with Crippen molar-refractivity contribution in [2.75, 3.05) is 12.4 Å². The van der Waals surface area contributed by atoms with Gasteiger partial charge in [-0.25, -0.2) is 4.63 Å². The van der Waals surface area contributed by atoms with E-state index in [2.05, 4.69) is 15.6 Å². The average Bonchev–Trinajstić information content (AvgIpc) is 3.27. The molecule has 1 N–H and O–H groups in total. The van der Waals surface area contributed by atoms with E-state index in [0.717, 1.165) is 15.6 Å². The first-order valence-electron chi connectivity index (χ1n) is 7.62. The zero-order valence-electron chi connectivity index (χ0n) is 13.5. The zero-order valence-corrected chi connectivity index (χ0v) is 15.1. The molecule has 6 nitrogen and oxygen atoms in total. The molecule has 4 aromatic rings. The van der Waals surface area contributed by atoms with E-state index in [9.17, 15) is 4.79 Å². The molecule has 26 heavy (non-hydrogen) atoms. The largest absolute Gasteiger partial charge is 0.497 e. The highest BCUT2D eigenvalue weighted by Gasteiger charge is 2.21. The number of nitrogens with one attached hydrogen (secondary N) is 1. The van der Waals surface area contributed by atoms with Gasteiger partial charge in [-0.1, -0.05) is 29.8 Å². The van der Waals surface area contributed by atoms with Crippen molar-refractivity contribution in [1.29, 1.82) is 0 Å². The van der Waals surface area contributed by atoms with Crippen molar-refractivity contribution in [3.8, 4) is 17.0 Å². The second-order valence-corrected chi connectivity index (χ2v) is 6.82. The monoisotopic (exact) mass is 385 g/mol. The summed E-state index contributed by atoms with van der Waals surface area (Å²) in [5.41, 5.74) is 1.17. The molecule has 0 bridgehead atoms. The zero-order chi connectivity index (χ0) is 18.1. The van der Waals surface area contributed by atoms with Crippen molar-refractivity contribution >= 4 is 44.7 Å². The first-order valence-corrected chi connectivity index (χ1v) is 8.82. The number of benzene rings is 2. The molecule has 2 heterocycles. The van der Waals surface area contributed by atoms with Gasteiger partial charge in [-0.05, 0) is 40.6 Å². The van der Waals surface area contributed by atoms with Gasteiger partial charge in [-0.15, -0.1) is 11.3 Å². The van der Waals surface area contributed by atoms with Crippen molar-refractivity contribution in [3.63, 3.8) is 0 Å². The van der Waals surface area contributed by atoms with E-state index in [1.807, 2.05) is 24.3 Å². The number of anilines is 1. The van der Waals surface area contributed by atoms with Gasteiger partial charge in [-0.2, -0.15) is 0 Å². The number of thiophene rings is 1. The van der Waals surface area contributed by atoms with E-state index in [0.29, 0.717) is 21.3 Å². The lowest BCUT2D eigenvalue weighted by Gasteiger charge is -2.03. The Kier molecular flexibility index (Phi) is 4.32. The van der Waals surface area contributed by atoms with Gasteiger partial charge in [0.05, 0.1) is 12.1 Å². The fraction of sp³-hybridized carbons (Fsp3) is 0.0556. The number of carbonyl (C=O) groups is 1. The third-order valence-electron chi connectivity index (χ3n) is 3.83. The van der Waals surface area contributed by atoms with Crippen molar-refractivity contribution in [2.24, 2.45) is 0 Å². The molecule has 0 fully saturated rings. The molecule has 0 saturated heterocycles. The van der Waals surface area contributed by atoms with Gasteiger partial charge < -0.3 is 10.1 Å². The quantitative estimate of drug-likeness (QED) is 0.542. The van der Waals surface area contributed by atoms with Crippen LogP contribution in [0.1, 0.15) is 9.67 Å². The number of methoxy groups -OCH3 is 1. The standard InChI is InChI=1S/C18H12ClN3O3S/c1-24-11-8-6-10(7-9-11)15-17(22-25-21-15)20-18(23)16-14(19)12-4-2-3-5-13(12)26-16/h2-9H,1H3,(H,20,22,23). The Morgan fingerprint density at radius 1 is 1.15 bits per heavy atom. The topological polar surface area (TPSA) is 77.2 Å². The van der Waals surface area contributed by atoms with E-state index >= 15 is 0 Å². The summed E-state index contributed by atoms with van der Waals surface area (Å²) >= 11 is 7.68. The van der Waals surface area contributed by atoms with Crippen LogP contribution in [0.2, 0.25) is 5.02 Å². The van der Waals surface area contributed by atoms with Crippen LogP contribution in [0.25, 0.3) is 21.3 Å². The minimum atomic E-state index is -0.360. The summed E-state index contributed by atoms with van der Waals surface area (Å²) in [6.45, 7) is 0. The molecular weight excluding hydrogens is 374 g/mol. The summed E-state index contributed by atoms with van der Waals surface area (Å²) < 4.78 is 10.9. The van der Waals surface area contributed by atoms with Crippen LogP contribution in [-0.4, -0.2) is 23.3 Å². The Hall–Kier alpha value is -2.90. The Morgan fingerprint density at radius 3 is 2.65 bits per heavy atom. The minimum Gasteiger partial charge on any atom is -0.497 e. The molecular formula is C18H12ClN3O3S. The van der Waals surface area contributed by atoms with E-state index in [4.69, 9.17) is 21.0 Å². The lowest BCUT2D eigenvalue weighted by atomic mass is 10.1. The highest BCUT2D eigenvalue weighted by molar-refractivity contribution is 7.21. The summed E-state index contributed by atoms with van der Waals surface area (Å²) in [6, 6.07) is 14.8. The van der Waals surface area contributed by atoms with Crippen LogP contribution in [0.4, 0.5) is 5.82 Å². The van der Waals surface area contributed by atoms with E-state index in [1.165, 1.54) is 11.3 Å². The molecule has 8 heteroatoms. The summed E-state index contributed by atoms with van der Waals surface area (Å²) in [4.78, 5) is 13.1. The van der Waals surface area contributed by atoms with Gasteiger partial charge in [0, 0.05) is 15.6 Å². The predicted molar refractivity (Wildman–Crippen MR) is 101 cm³/mol. The minimum absolute atomic E-state index is 0.230. The predicted octanol–water partition coefficient (Wildman–Crippen LogP) is 4.87. The Balaban J connectivity index is 1.64. The second-order valence-electron chi connectivity index (χ2n) is 5.39. The van der Waals surface area contributed by atoms with Gasteiger partial charge in [0.25, 0.3) is 5.91 Å². The number of amides is 1. The number of fused-ring (bicyclic) bond motifs is 1. The highest BCUT2D eigenvalue weighted by Crippen LogP contribution is 2.36. The number of ether oxygens (including phenoxy) is 1. The molecule has 2 aromatic carbocycles. The number of hydrogen-bond acceptors (Lipinski definition) is 6. The fourth-order valence-electron chi connectivity index (χ4n) is 2.53. The Labute approximate surface area is 157 Å². The molecule has 4 rings (SSSR count).